The standard InChI is InChI=1S/C12H15N3O2S2/c1-4-15-11(9-5-8(2)18-6-9)13-14-12(15)19-7-10(16)17-3/h5-6H,4,7H2,1-3H3. The molecule has 0 radical (unpaired) electrons. The van der Waals surface area contributed by atoms with E-state index in [1.54, 1.807) is 11.3 Å². The van der Waals surface area contributed by atoms with Crippen molar-refractivity contribution in [3.63, 3.8) is 0 Å². The maximum absolute atomic E-state index is 11.2. The smallest absolute Gasteiger partial charge is 0.316 e. The number of thioether (sulfide) groups is 1. The number of ether oxygens (including phenoxy) is 1. The molecule has 2 heterocycles. The minimum atomic E-state index is -0.261. The lowest BCUT2D eigenvalue weighted by molar-refractivity contribution is -0.137. The highest BCUT2D eigenvalue weighted by Crippen LogP contribution is 2.27. The molecule has 0 saturated carbocycles. The van der Waals surface area contributed by atoms with Gasteiger partial charge in [-0.1, -0.05) is 11.8 Å². The molecule has 0 bridgehead atoms. The summed E-state index contributed by atoms with van der Waals surface area (Å²) in [7, 11) is 1.38. The van der Waals surface area contributed by atoms with E-state index in [0.717, 1.165) is 23.1 Å². The fourth-order valence-corrected chi connectivity index (χ4v) is 3.15. The number of methoxy groups -OCH3 is 1. The van der Waals surface area contributed by atoms with Crippen molar-refractivity contribution < 1.29 is 9.53 Å². The maximum atomic E-state index is 11.2. The van der Waals surface area contributed by atoms with E-state index in [2.05, 4.69) is 33.3 Å². The molecule has 2 rings (SSSR count). The van der Waals surface area contributed by atoms with Crippen LogP contribution in [0.15, 0.2) is 16.6 Å². The first-order chi connectivity index (χ1) is 9.15. The third-order valence-corrected chi connectivity index (χ3v) is 4.37. The van der Waals surface area contributed by atoms with Crippen molar-refractivity contribution in [1.29, 1.82) is 0 Å². The highest BCUT2D eigenvalue weighted by atomic mass is 32.2. The normalized spacial score (nSPS) is 10.7. The van der Waals surface area contributed by atoms with Gasteiger partial charge in [0, 0.05) is 22.4 Å². The second kappa shape index (κ2) is 6.21. The molecule has 0 spiro atoms. The molecule has 0 unspecified atom stereocenters. The van der Waals surface area contributed by atoms with Gasteiger partial charge in [-0.2, -0.15) is 0 Å². The minimum Gasteiger partial charge on any atom is -0.468 e. The predicted octanol–water partition coefficient (Wildman–Crippen LogP) is 2.60. The third-order valence-electron chi connectivity index (χ3n) is 2.57. The topological polar surface area (TPSA) is 57.0 Å². The number of rotatable bonds is 5. The summed E-state index contributed by atoms with van der Waals surface area (Å²) in [5, 5.41) is 11.2. The third kappa shape index (κ3) is 3.16. The summed E-state index contributed by atoms with van der Waals surface area (Å²) in [5.74, 6) is 0.833. The summed E-state index contributed by atoms with van der Waals surface area (Å²) in [6, 6.07) is 2.09. The van der Waals surface area contributed by atoms with Gasteiger partial charge in [-0.05, 0) is 19.9 Å². The molecule has 19 heavy (non-hydrogen) atoms. The summed E-state index contributed by atoms with van der Waals surface area (Å²) in [6.45, 7) is 4.86. The molecule has 0 aliphatic carbocycles. The highest BCUT2D eigenvalue weighted by molar-refractivity contribution is 7.99. The van der Waals surface area contributed by atoms with Crippen molar-refractivity contribution in [3.05, 3.63) is 16.3 Å². The van der Waals surface area contributed by atoms with Crippen LogP contribution in [0.1, 0.15) is 11.8 Å². The Kier molecular flexibility index (Phi) is 4.60. The monoisotopic (exact) mass is 297 g/mol. The lowest BCUT2D eigenvalue weighted by atomic mass is 10.3. The number of nitrogens with zero attached hydrogens (tertiary/aromatic N) is 3. The lowest BCUT2D eigenvalue weighted by Crippen LogP contribution is -2.05. The van der Waals surface area contributed by atoms with Gasteiger partial charge in [0.2, 0.25) is 0 Å². The van der Waals surface area contributed by atoms with Crippen molar-refractivity contribution in [2.24, 2.45) is 0 Å². The first kappa shape index (κ1) is 14.1. The number of esters is 1. The molecule has 0 amide bonds. The van der Waals surface area contributed by atoms with Crippen molar-refractivity contribution in [1.82, 2.24) is 14.8 Å². The Labute approximate surface area is 120 Å². The minimum absolute atomic E-state index is 0.247. The quantitative estimate of drug-likeness (QED) is 0.627. The molecule has 0 saturated heterocycles. The number of aromatic nitrogens is 3. The second-order valence-corrected chi connectivity index (χ2v) is 5.92. The van der Waals surface area contributed by atoms with Crippen LogP contribution in [-0.2, 0) is 16.1 Å². The zero-order valence-corrected chi connectivity index (χ0v) is 12.7. The number of aryl methyl sites for hydroxylation is 1. The molecule has 2 aromatic heterocycles. The van der Waals surface area contributed by atoms with Crippen molar-refractivity contribution >= 4 is 29.1 Å². The van der Waals surface area contributed by atoms with Crippen LogP contribution in [0.25, 0.3) is 11.4 Å². The molecule has 0 aliphatic heterocycles. The van der Waals surface area contributed by atoms with Gasteiger partial charge in [-0.3, -0.25) is 4.79 Å². The number of carbonyl (C=O) groups is 1. The van der Waals surface area contributed by atoms with E-state index in [0.29, 0.717) is 0 Å². The van der Waals surface area contributed by atoms with E-state index in [-0.39, 0.29) is 11.7 Å². The molecule has 0 aromatic carbocycles. The Morgan fingerprint density at radius 2 is 2.32 bits per heavy atom. The SMILES string of the molecule is CCn1c(SCC(=O)OC)nnc1-c1csc(C)c1. The fraction of sp³-hybridized carbons (Fsp3) is 0.417. The summed E-state index contributed by atoms with van der Waals surface area (Å²) in [5.41, 5.74) is 1.07. The summed E-state index contributed by atoms with van der Waals surface area (Å²) < 4.78 is 6.63. The molecular formula is C12H15N3O2S2. The van der Waals surface area contributed by atoms with E-state index in [1.165, 1.54) is 23.7 Å². The van der Waals surface area contributed by atoms with Crippen LogP contribution < -0.4 is 0 Å². The maximum Gasteiger partial charge on any atom is 0.316 e. The first-order valence-corrected chi connectivity index (χ1v) is 7.70. The second-order valence-electron chi connectivity index (χ2n) is 3.86. The summed E-state index contributed by atoms with van der Waals surface area (Å²) >= 11 is 3.03. The Balaban J connectivity index is 2.23. The molecule has 0 fully saturated rings. The Morgan fingerprint density at radius 1 is 1.53 bits per heavy atom. The predicted molar refractivity (Wildman–Crippen MR) is 76.5 cm³/mol. The average Bonchev–Trinajstić information content (AvgIpc) is 3.01. The van der Waals surface area contributed by atoms with E-state index < -0.39 is 0 Å². The van der Waals surface area contributed by atoms with Crippen LogP contribution in [0.4, 0.5) is 0 Å². The van der Waals surface area contributed by atoms with Gasteiger partial charge < -0.3 is 9.30 Å². The van der Waals surface area contributed by atoms with E-state index in [4.69, 9.17) is 0 Å². The van der Waals surface area contributed by atoms with Crippen molar-refractivity contribution in [3.8, 4) is 11.4 Å². The van der Waals surface area contributed by atoms with E-state index in [1.807, 2.05) is 11.5 Å². The van der Waals surface area contributed by atoms with E-state index in [9.17, 15) is 4.79 Å². The van der Waals surface area contributed by atoms with Gasteiger partial charge in [0.15, 0.2) is 11.0 Å². The average molecular weight is 297 g/mol. The highest BCUT2D eigenvalue weighted by Gasteiger charge is 2.15. The number of carbonyl (C=O) groups excluding carboxylic acids is 1. The molecule has 0 N–H and O–H groups in total. The first-order valence-electron chi connectivity index (χ1n) is 5.84. The zero-order chi connectivity index (χ0) is 13.8. The van der Waals surface area contributed by atoms with Crippen LogP contribution in [0.5, 0.6) is 0 Å². The van der Waals surface area contributed by atoms with Gasteiger partial charge in [0.05, 0.1) is 12.9 Å². The van der Waals surface area contributed by atoms with Gasteiger partial charge in [0.1, 0.15) is 0 Å². The largest absolute Gasteiger partial charge is 0.468 e. The molecule has 7 heteroatoms. The summed E-state index contributed by atoms with van der Waals surface area (Å²) in [4.78, 5) is 12.4. The van der Waals surface area contributed by atoms with Crippen LogP contribution >= 0.6 is 23.1 Å². The Bertz CT molecular complexity index is 577. The van der Waals surface area contributed by atoms with E-state index >= 15 is 0 Å². The van der Waals surface area contributed by atoms with Crippen LogP contribution in [0.3, 0.4) is 0 Å². The van der Waals surface area contributed by atoms with Crippen LogP contribution in [-0.4, -0.2) is 33.6 Å². The van der Waals surface area contributed by atoms with Crippen molar-refractivity contribution in [2.75, 3.05) is 12.9 Å². The molecule has 2 aromatic rings. The molecule has 5 nitrogen and oxygen atoms in total. The number of thiophene rings is 1. The molecular weight excluding hydrogens is 282 g/mol. The fourth-order valence-electron chi connectivity index (χ4n) is 1.64. The Hall–Kier alpha value is -1.34. The van der Waals surface area contributed by atoms with Gasteiger partial charge in [0.25, 0.3) is 0 Å². The number of hydrogen-bond acceptors (Lipinski definition) is 6. The molecule has 0 aliphatic rings. The van der Waals surface area contributed by atoms with Crippen molar-refractivity contribution in [2.45, 2.75) is 25.5 Å². The zero-order valence-electron chi connectivity index (χ0n) is 11.0. The van der Waals surface area contributed by atoms with Gasteiger partial charge in [-0.25, -0.2) is 0 Å². The Morgan fingerprint density at radius 3 is 2.89 bits per heavy atom. The van der Waals surface area contributed by atoms with Crippen LogP contribution in [0, 0.1) is 6.92 Å². The van der Waals surface area contributed by atoms with Gasteiger partial charge in [-0.15, -0.1) is 21.5 Å². The van der Waals surface area contributed by atoms with Crippen LogP contribution in [0.2, 0.25) is 0 Å². The summed E-state index contributed by atoms with van der Waals surface area (Å²) in [6.07, 6.45) is 0. The lowest BCUT2D eigenvalue weighted by Gasteiger charge is -2.05. The molecule has 102 valence electrons. The molecule has 0 atom stereocenters. The van der Waals surface area contributed by atoms with Gasteiger partial charge >= 0.3 is 5.97 Å². The number of hydrogen-bond donors (Lipinski definition) is 0.